The van der Waals surface area contributed by atoms with Crippen LogP contribution in [-0.2, 0) is 0 Å². The van der Waals surface area contributed by atoms with Gasteiger partial charge in [0.15, 0.2) is 0 Å². The molecule has 2 aliphatic rings. The van der Waals surface area contributed by atoms with Crippen molar-refractivity contribution in [2.45, 2.75) is 31.3 Å². The molecule has 0 radical (unpaired) electrons. The van der Waals surface area contributed by atoms with Crippen molar-refractivity contribution in [3.05, 3.63) is 29.8 Å². The summed E-state index contributed by atoms with van der Waals surface area (Å²) < 4.78 is 5.69. The highest BCUT2D eigenvalue weighted by Gasteiger charge is 2.24. The zero-order valence-electron chi connectivity index (χ0n) is 10.1. The number of nitrogens with one attached hydrogen (secondary N) is 2. The third-order valence-corrected chi connectivity index (χ3v) is 3.69. The van der Waals surface area contributed by atoms with Gasteiger partial charge in [-0.05, 0) is 25.5 Å². The van der Waals surface area contributed by atoms with E-state index in [0.29, 0.717) is 12.1 Å². The minimum atomic E-state index is 0.463. The summed E-state index contributed by atoms with van der Waals surface area (Å²) in [6.07, 6.45) is 3.64. The Morgan fingerprint density at radius 1 is 1.24 bits per heavy atom. The molecule has 1 aromatic rings. The molecule has 17 heavy (non-hydrogen) atoms. The molecule has 2 heterocycles. The van der Waals surface area contributed by atoms with Gasteiger partial charge in [0.05, 0.1) is 6.61 Å². The number of hydrogen-bond acceptors (Lipinski definition) is 3. The molecule has 0 amide bonds. The normalized spacial score (nSPS) is 28.2. The third kappa shape index (κ3) is 2.45. The Morgan fingerprint density at radius 3 is 3.06 bits per heavy atom. The van der Waals surface area contributed by atoms with Crippen molar-refractivity contribution >= 4 is 0 Å². The van der Waals surface area contributed by atoms with E-state index in [1.165, 1.54) is 24.9 Å². The van der Waals surface area contributed by atoms with E-state index in [2.05, 4.69) is 28.8 Å². The van der Waals surface area contributed by atoms with Crippen molar-refractivity contribution in [2.24, 2.45) is 0 Å². The summed E-state index contributed by atoms with van der Waals surface area (Å²) in [5.41, 5.74) is 1.32. The Hall–Kier alpha value is -1.06. The first-order valence-corrected chi connectivity index (χ1v) is 6.62. The SMILES string of the molecule is c1ccc2c(c1)OCCC2NC1CCCNC1. The molecule has 1 saturated heterocycles. The summed E-state index contributed by atoms with van der Waals surface area (Å²) in [6.45, 7) is 3.09. The molecule has 3 heteroatoms. The largest absolute Gasteiger partial charge is 0.493 e. The molecule has 92 valence electrons. The predicted octanol–water partition coefficient (Wildman–Crippen LogP) is 1.85. The van der Waals surface area contributed by atoms with Crippen LogP contribution in [0.3, 0.4) is 0 Å². The van der Waals surface area contributed by atoms with Crippen LogP contribution in [0.1, 0.15) is 30.9 Å². The maximum atomic E-state index is 5.69. The van der Waals surface area contributed by atoms with E-state index in [1.807, 2.05) is 6.07 Å². The van der Waals surface area contributed by atoms with Crippen molar-refractivity contribution in [1.29, 1.82) is 0 Å². The van der Waals surface area contributed by atoms with Crippen LogP contribution in [0.15, 0.2) is 24.3 Å². The number of piperidine rings is 1. The van der Waals surface area contributed by atoms with Crippen LogP contribution in [-0.4, -0.2) is 25.7 Å². The maximum Gasteiger partial charge on any atom is 0.124 e. The van der Waals surface area contributed by atoms with Crippen molar-refractivity contribution in [3.63, 3.8) is 0 Å². The van der Waals surface area contributed by atoms with Crippen LogP contribution in [0.25, 0.3) is 0 Å². The summed E-state index contributed by atoms with van der Waals surface area (Å²) in [7, 11) is 0. The first-order chi connectivity index (χ1) is 8.43. The van der Waals surface area contributed by atoms with Gasteiger partial charge in [0.25, 0.3) is 0 Å². The van der Waals surface area contributed by atoms with Crippen LogP contribution in [0.2, 0.25) is 0 Å². The number of para-hydroxylation sites is 1. The fourth-order valence-corrected chi connectivity index (χ4v) is 2.79. The summed E-state index contributed by atoms with van der Waals surface area (Å²) in [5.74, 6) is 1.06. The summed E-state index contributed by atoms with van der Waals surface area (Å²) in [5, 5.41) is 7.23. The molecule has 0 aromatic heterocycles. The Balaban J connectivity index is 1.71. The first-order valence-electron chi connectivity index (χ1n) is 6.62. The van der Waals surface area contributed by atoms with Gasteiger partial charge < -0.3 is 15.4 Å². The van der Waals surface area contributed by atoms with Crippen molar-refractivity contribution in [1.82, 2.24) is 10.6 Å². The zero-order chi connectivity index (χ0) is 11.5. The standard InChI is InChI=1S/C14H20N2O/c1-2-6-14-12(5-1)13(7-9-17-14)16-11-4-3-8-15-10-11/h1-2,5-6,11,13,15-16H,3-4,7-10H2. The van der Waals surface area contributed by atoms with Gasteiger partial charge in [0, 0.05) is 30.6 Å². The van der Waals surface area contributed by atoms with Gasteiger partial charge in [-0.3, -0.25) is 0 Å². The smallest absolute Gasteiger partial charge is 0.124 e. The second kappa shape index (κ2) is 5.07. The predicted molar refractivity (Wildman–Crippen MR) is 68.3 cm³/mol. The van der Waals surface area contributed by atoms with E-state index in [1.54, 1.807) is 0 Å². The topological polar surface area (TPSA) is 33.3 Å². The molecule has 2 aliphatic heterocycles. The monoisotopic (exact) mass is 232 g/mol. The molecule has 0 bridgehead atoms. The van der Waals surface area contributed by atoms with Gasteiger partial charge in [0.2, 0.25) is 0 Å². The Labute approximate surface area is 103 Å². The molecule has 1 fully saturated rings. The molecular weight excluding hydrogens is 212 g/mol. The molecule has 0 aliphatic carbocycles. The minimum Gasteiger partial charge on any atom is -0.493 e. The van der Waals surface area contributed by atoms with Gasteiger partial charge in [-0.15, -0.1) is 0 Å². The van der Waals surface area contributed by atoms with Crippen LogP contribution >= 0.6 is 0 Å². The Bertz CT molecular complexity index is 374. The fourth-order valence-electron chi connectivity index (χ4n) is 2.79. The number of fused-ring (bicyclic) bond motifs is 1. The van der Waals surface area contributed by atoms with E-state index in [-0.39, 0.29) is 0 Å². The van der Waals surface area contributed by atoms with Crippen molar-refractivity contribution in [3.8, 4) is 5.75 Å². The molecule has 2 unspecified atom stereocenters. The summed E-state index contributed by atoms with van der Waals surface area (Å²) in [6, 6.07) is 9.47. The summed E-state index contributed by atoms with van der Waals surface area (Å²) in [4.78, 5) is 0. The molecule has 2 atom stereocenters. The van der Waals surface area contributed by atoms with E-state index in [9.17, 15) is 0 Å². The second-order valence-corrected chi connectivity index (χ2v) is 4.94. The molecule has 3 nitrogen and oxygen atoms in total. The van der Waals surface area contributed by atoms with Gasteiger partial charge >= 0.3 is 0 Å². The molecule has 0 saturated carbocycles. The van der Waals surface area contributed by atoms with Crippen molar-refractivity contribution in [2.75, 3.05) is 19.7 Å². The van der Waals surface area contributed by atoms with E-state index in [0.717, 1.165) is 25.3 Å². The average molecular weight is 232 g/mol. The molecule has 3 rings (SSSR count). The van der Waals surface area contributed by atoms with Crippen LogP contribution < -0.4 is 15.4 Å². The Kier molecular flexibility index (Phi) is 3.29. The van der Waals surface area contributed by atoms with Crippen LogP contribution in [0.5, 0.6) is 5.75 Å². The molecule has 2 N–H and O–H groups in total. The van der Waals surface area contributed by atoms with Gasteiger partial charge in [-0.2, -0.15) is 0 Å². The highest BCUT2D eigenvalue weighted by atomic mass is 16.5. The summed E-state index contributed by atoms with van der Waals surface area (Å²) >= 11 is 0. The lowest BCUT2D eigenvalue weighted by atomic mass is 9.98. The second-order valence-electron chi connectivity index (χ2n) is 4.94. The van der Waals surface area contributed by atoms with Gasteiger partial charge in [-0.1, -0.05) is 18.2 Å². The highest BCUT2D eigenvalue weighted by molar-refractivity contribution is 5.37. The van der Waals surface area contributed by atoms with E-state index >= 15 is 0 Å². The highest BCUT2D eigenvalue weighted by Crippen LogP contribution is 2.32. The molecular formula is C14H20N2O. The molecule has 1 aromatic carbocycles. The number of benzene rings is 1. The minimum absolute atomic E-state index is 0.463. The average Bonchev–Trinajstić information content (AvgIpc) is 2.40. The third-order valence-electron chi connectivity index (χ3n) is 3.69. The Morgan fingerprint density at radius 2 is 2.18 bits per heavy atom. The van der Waals surface area contributed by atoms with Crippen LogP contribution in [0, 0.1) is 0 Å². The lowest BCUT2D eigenvalue weighted by molar-refractivity contribution is 0.236. The number of ether oxygens (including phenoxy) is 1. The van der Waals surface area contributed by atoms with E-state index in [4.69, 9.17) is 4.74 Å². The van der Waals surface area contributed by atoms with Gasteiger partial charge in [0.1, 0.15) is 5.75 Å². The van der Waals surface area contributed by atoms with E-state index < -0.39 is 0 Å². The lowest BCUT2D eigenvalue weighted by Gasteiger charge is -2.32. The number of hydrogen-bond donors (Lipinski definition) is 2. The van der Waals surface area contributed by atoms with Crippen molar-refractivity contribution < 1.29 is 4.74 Å². The van der Waals surface area contributed by atoms with Crippen LogP contribution in [0.4, 0.5) is 0 Å². The first kappa shape index (κ1) is 11.1. The quantitative estimate of drug-likeness (QED) is 0.816. The number of rotatable bonds is 2. The van der Waals surface area contributed by atoms with Gasteiger partial charge in [-0.25, -0.2) is 0 Å². The maximum absolute atomic E-state index is 5.69. The molecule has 0 spiro atoms. The fraction of sp³-hybridized carbons (Fsp3) is 0.571. The zero-order valence-corrected chi connectivity index (χ0v) is 10.1. The lowest BCUT2D eigenvalue weighted by Crippen LogP contribution is -2.45.